The molecule has 8 heavy (non-hydrogen) atoms. The van der Waals surface area contributed by atoms with E-state index in [1.807, 2.05) is 0 Å². The maximum absolute atomic E-state index is 10.2. The maximum Gasteiger partial charge on any atom is 0.186 e. The smallest absolute Gasteiger partial charge is 0.186 e. The molecule has 1 nitrogen and oxygen atoms in total. The van der Waals surface area contributed by atoms with E-state index in [0.717, 1.165) is 0 Å². The first-order valence-electron chi connectivity index (χ1n) is 2.10. The van der Waals surface area contributed by atoms with Crippen molar-refractivity contribution in [1.29, 1.82) is 0 Å². The normalized spacial score (nSPS) is 7.62. The number of thioether (sulfide) groups is 1. The Morgan fingerprint density at radius 1 is 2.00 bits per heavy atom. The predicted octanol–water partition coefficient (Wildman–Crippen LogP) is 1.42. The monoisotopic (exact) mass is 146 g/mol. The summed E-state index contributed by atoms with van der Waals surface area (Å²) in [6.07, 6.45) is 1.65. The van der Waals surface area contributed by atoms with Gasteiger partial charge in [0.25, 0.3) is 0 Å². The first-order valence-corrected chi connectivity index (χ1v) is 3.49. The average molecular weight is 146 g/mol. The first-order chi connectivity index (χ1) is 3.77. The van der Waals surface area contributed by atoms with Crippen LogP contribution in [0.1, 0.15) is 6.92 Å². The van der Waals surface area contributed by atoms with Crippen molar-refractivity contribution in [2.45, 2.75) is 6.92 Å². The van der Waals surface area contributed by atoms with Gasteiger partial charge in [0.05, 0.1) is 0 Å². The molecule has 0 unspecified atom stereocenters. The van der Waals surface area contributed by atoms with E-state index >= 15 is 0 Å². The molecule has 0 aliphatic carbocycles. The van der Waals surface area contributed by atoms with Gasteiger partial charge in [0.1, 0.15) is 0 Å². The molecule has 3 heteroatoms. The molecule has 0 aromatic carbocycles. The van der Waals surface area contributed by atoms with Crippen LogP contribution in [0.2, 0.25) is 0 Å². The van der Waals surface area contributed by atoms with Crippen molar-refractivity contribution >= 4 is 34.1 Å². The summed E-state index contributed by atoms with van der Waals surface area (Å²) in [6, 6.07) is 0. The standard InChI is InChI=1S/C5H6OS2/c1-5(6)8-4-2-3-7/h2H,4H2,1H3. The molecular weight excluding hydrogens is 140 g/mol. The number of hydrogen-bond acceptors (Lipinski definition) is 3. The van der Waals surface area contributed by atoms with Crippen molar-refractivity contribution in [3.8, 4) is 0 Å². The zero-order valence-electron chi connectivity index (χ0n) is 4.51. The van der Waals surface area contributed by atoms with Gasteiger partial charge in [-0.05, 0) is 23.3 Å². The minimum atomic E-state index is 0.117. The predicted molar refractivity (Wildman–Crippen MR) is 40.3 cm³/mol. The largest absolute Gasteiger partial charge is 0.288 e. The zero-order valence-corrected chi connectivity index (χ0v) is 6.14. The van der Waals surface area contributed by atoms with E-state index < -0.39 is 0 Å². The van der Waals surface area contributed by atoms with Crippen LogP contribution in [0, 0.1) is 0 Å². The third-order valence-electron chi connectivity index (χ3n) is 0.453. The second-order valence-corrected chi connectivity index (χ2v) is 2.56. The molecule has 0 aromatic rings. The van der Waals surface area contributed by atoms with Crippen LogP contribution in [0.5, 0.6) is 0 Å². The minimum absolute atomic E-state index is 0.117. The third kappa shape index (κ3) is 5.89. The van der Waals surface area contributed by atoms with Gasteiger partial charge in [0.2, 0.25) is 0 Å². The van der Waals surface area contributed by atoms with Gasteiger partial charge in [0.15, 0.2) is 5.12 Å². The second-order valence-electron chi connectivity index (χ2n) is 1.12. The summed E-state index contributed by atoms with van der Waals surface area (Å²) in [6.45, 7) is 1.53. The lowest BCUT2D eigenvalue weighted by Crippen LogP contribution is -1.80. The van der Waals surface area contributed by atoms with Crippen molar-refractivity contribution in [1.82, 2.24) is 0 Å². The molecule has 0 saturated carbocycles. The van der Waals surface area contributed by atoms with Crippen molar-refractivity contribution in [2.24, 2.45) is 0 Å². The molecule has 0 spiro atoms. The minimum Gasteiger partial charge on any atom is -0.288 e. The Bertz CT molecular complexity index is 122. The molecule has 0 fully saturated rings. The maximum atomic E-state index is 10.2. The van der Waals surface area contributed by atoms with Crippen LogP contribution in [-0.4, -0.2) is 15.9 Å². The zero-order chi connectivity index (χ0) is 6.41. The van der Waals surface area contributed by atoms with Gasteiger partial charge in [-0.25, -0.2) is 0 Å². The Morgan fingerprint density at radius 2 is 2.62 bits per heavy atom. The lowest BCUT2D eigenvalue weighted by molar-refractivity contribution is -0.109. The number of rotatable bonds is 2. The molecule has 0 amide bonds. The van der Waals surface area contributed by atoms with E-state index in [1.165, 1.54) is 18.7 Å². The number of carbonyl (C=O) groups excluding carboxylic acids is 1. The Hall–Kier alpha value is -0.110. The summed E-state index contributed by atoms with van der Waals surface area (Å²) in [7, 11) is 0. The highest BCUT2D eigenvalue weighted by atomic mass is 32.2. The second kappa shape index (κ2) is 5.04. The molecular formula is C5H6OS2. The highest BCUT2D eigenvalue weighted by Crippen LogP contribution is 1.98. The molecule has 0 atom stereocenters. The van der Waals surface area contributed by atoms with Crippen LogP contribution in [0.4, 0.5) is 0 Å². The molecule has 0 rings (SSSR count). The summed E-state index contributed by atoms with van der Waals surface area (Å²) in [4.78, 5) is 10.2. The van der Waals surface area contributed by atoms with Gasteiger partial charge < -0.3 is 0 Å². The Balaban J connectivity index is 3.18. The van der Waals surface area contributed by atoms with Crippen LogP contribution >= 0.6 is 24.0 Å². The van der Waals surface area contributed by atoms with Crippen LogP contribution in [0.25, 0.3) is 0 Å². The SMILES string of the molecule is CC(=O)SCC=C=S. The number of carbonyl (C=O) groups is 1. The molecule has 0 aliphatic heterocycles. The summed E-state index contributed by atoms with van der Waals surface area (Å²) < 4.78 is 0. The van der Waals surface area contributed by atoms with Gasteiger partial charge in [0, 0.05) is 12.7 Å². The van der Waals surface area contributed by atoms with Crippen molar-refractivity contribution in [2.75, 3.05) is 5.75 Å². The van der Waals surface area contributed by atoms with Crippen molar-refractivity contribution in [3.63, 3.8) is 0 Å². The fourth-order valence-corrected chi connectivity index (χ4v) is 0.783. The summed E-state index contributed by atoms with van der Waals surface area (Å²) in [5.74, 6) is 0.652. The van der Waals surface area contributed by atoms with E-state index in [1.54, 1.807) is 6.08 Å². The highest BCUT2D eigenvalue weighted by Gasteiger charge is 1.86. The van der Waals surface area contributed by atoms with E-state index in [9.17, 15) is 4.79 Å². The molecule has 0 aromatic heterocycles. The highest BCUT2D eigenvalue weighted by molar-refractivity contribution is 8.13. The van der Waals surface area contributed by atoms with Crippen LogP contribution in [-0.2, 0) is 4.79 Å². The molecule has 0 saturated heterocycles. The summed E-state index contributed by atoms with van der Waals surface area (Å²) in [5.41, 5.74) is 0. The molecule has 0 radical (unpaired) electrons. The van der Waals surface area contributed by atoms with Crippen LogP contribution < -0.4 is 0 Å². The Morgan fingerprint density at radius 3 is 3.00 bits per heavy atom. The molecule has 0 heterocycles. The van der Waals surface area contributed by atoms with Gasteiger partial charge in [-0.2, -0.15) is 0 Å². The van der Waals surface area contributed by atoms with Gasteiger partial charge in [-0.3, -0.25) is 4.79 Å². The molecule has 0 bridgehead atoms. The van der Waals surface area contributed by atoms with Gasteiger partial charge in [-0.15, -0.1) is 0 Å². The molecule has 0 aliphatic rings. The molecule has 44 valence electrons. The summed E-state index contributed by atoms with van der Waals surface area (Å²) >= 11 is 5.61. The fraction of sp³-hybridized carbons (Fsp3) is 0.400. The average Bonchev–Trinajstić information content (AvgIpc) is 1.66. The lowest BCUT2D eigenvalue weighted by atomic mass is 10.8. The number of hydrogen-bond donors (Lipinski definition) is 0. The van der Waals surface area contributed by atoms with E-state index in [0.29, 0.717) is 5.75 Å². The third-order valence-corrected chi connectivity index (χ3v) is 1.36. The topological polar surface area (TPSA) is 17.1 Å². The lowest BCUT2D eigenvalue weighted by Gasteiger charge is -1.82. The van der Waals surface area contributed by atoms with Crippen molar-refractivity contribution in [3.05, 3.63) is 6.08 Å². The molecule has 0 N–H and O–H groups in total. The van der Waals surface area contributed by atoms with Crippen LogP contribution in [0.15, 0.2) is 6.08 Å². The number of thiocarbonyl (C=S) groups is 1. The van der Waals surface area contributed by atoms with E-state index in [2.05, 4.69) is 17.2 Å². The van der Waals surface area contributed by atoms with Crippen molar-refractivity contribution < 1.29 is 4.79 Å². The van der Waals surface area contributed by atoms with Crippen LogP contribution in [0.3, 0.4) is 0 Å². The van der Waals surface area contributed by atoms with Gasteiger partial charge >= 0.3 is 0 Å². The Labute approximate surface area is 58.2 Å². The van der Waals surface area contributed by atoms with E-state index in [4.69, 9.17) is 0 Å². The summed E-state index contributed by atoms with van der Waals surface area (Å²) in [5, 5.41) is 2.53. The van der Waals surface area contributed by atoms with Gasteiger partial charge in [-0.1, -0.05) is 11.8 Å². The Kier molecular flexibility index (Phi) is 4.97. The fourth-order valence-electron chi connectivity index (χ4n) is 0.193. The van der Waals surface area contributed by atoms with E-state index in [-0.39, 0.29) is 5.12 Å². The first kappa shape index (κ1) is 7.89. The quantitative estimate of drug-likeness (QED) is 0.548.